The molecule has 1 rings (SSSR count). The number of hydrogen-bond donors (Lipinski definition) is 2. The molecule has 0 spiro atoms. The summed E-state index contributed by atoms with van der Waals surface area (Å²) in [6.45, 7) is 22.1. The lowest BCUT2D eigenvalue weighted by molar-refractivity contribution is -0.141. The van der Waals surface area contributed by atoms with Gasteiger partial charge >= 0.3 is 0 Å². The molecule has 0 saturated carbocycles. The van der Waals surface area contributed by atoms with Crippen LogP contribution in [0.2, 0.25) is 0 Å². The lowest BCUT2D eigenvalue weighted by Crippen LogP contribution is -2.47. The maximum absolute atomic E-state index is 11.7. The van der Waals surface area contributed by atoms with E-state index in [9.17, 15) is 14.4 Å². The van der Waals surface area contributed by atoms with E-state index in [0.717, 1.165) is 10.8 Å². The standard InChI is InChI=1S/C14H22N2O3S.C4H10.2C2H6/c1-13(2,8-16-10(17)5-6-11(16)18)9(12(15)19)7-14(3,4)20;1-4(2)3;2*1-2/h5-6,9,20H,7-8H2,1-4H3,(H2,15,19);4H,1-3H3;2*1-2H3. The maximum Gasteiger partial charge on any atom is 0.253 e. The van der Waals surface area contributed by atoms with Gasteiger partial charge in [0.1, 0.15) is 0 Å². The molecule has 0 radical (unpaired) electrons. The number of imide groups is 1. The fourth-order valence-corrected chi connectivity index (χ4v) is 2.55. The normalized spacial score (nSPS) is 14.4. The average Bonchev–Trinajstić information content (AvgIpc) is 2.86. The van der Waals surface area contributed by atoms with Gasteiger partial charge in [-0.1, -0.05) is 76.2 Å². The van der Waals surface area contributed by atoms with Gasteiger partial charge in [-0.15, -0.1) is 0 Å². The number of amides is 3. The van der Waals surface area contributed by atoms with E-state index in [4.69, 9.17) is 5.73 Å². The van der Waals surface area contributed by atoms with Gasteiger partial charge in [-0.2, -0.15) is 12.6 Å². The molecule has 1 unspecified atom stereocenters. The quantitative estimate of drug-likeness (QED) is 0.479. The molecule has 0 aromatic heterocycles. The number of carbonyl (C=O) groups is 3. The van der Waals surface area contributed by atoms with Crippen molar-refractivity contribution in [3.8, 4) is 0 Å². The number of primary amides is 1. The fourth-order valence-electron chi connectivity index (χ4n) is 2.37. The zero-order valence-electron chi connectivity index (χ0n) is 19.9. The Hall–Kier alpha value is -1.30. The van der Waals surface area contributed by atoms with Crippen LogP contribution in [0.4, 0.5) is 0 Å². The second kappa shape index (κ2) is 14.7. The topological polar surface area (TPSA) is 80.5 Å². The highest BCUT2D eigenvalue weighted by Crippen LogP contribution is 2.36. The minimum atomic E-state index is -0.608. The van der Waals surface area contributed by atoms with Gasteiger partial charge in [-0.25, -0.2) is 0 Å². The van der Waals surface area contributed by atoms with Crippen LogP contribution in [0.3, 0.4) is 0 Å². The lowest BCUT2D eigenvalue weighted by Gasteiger charge is -2.37. The molecular formula is C22H44N2O3S. The van der Waals surface area contributed by atoms with Crippen LogP contribution in [0.5, 0.6) is 0 Å². The van der Waals surface area contributed by atoms with Crippen molar-refractivity contribution in [2.45, 2.75) is 87.3 Å². The van der Waals surface area contributed by atoms with E-state index < -0.39 is 17.2 Å². The van der Waals surface area contributed by atoms with E-state index in [-0.39, 0.29) is 23.1 Å². The molecule has 166 valence electrons. The van der Waals surface area contributed by atoms with E-state index in [2.05, 4.69) is 33.4 Å². The molecule has 1 aliphatic heterocycles. The number of thiol groups is 1. The van der Waals surface area contributed by atoms with Crippen LogP contribution in [0.25, 0.3) is 0 Å². The van der Waals surface area contributed by atoms with E-state index in [1.165, 1.54) is 12.2 Å². The first kappa shape index (κ1) is 31.4. The largest absolute Gasteiger partial charge is 0.369 e. The third-order valence-electron chi connectivity index (χ3n) is 3.46. The molecule has 28 heavy (non-hydrogen) atoms. The Balaban J connectivity index is -0.000000675. The molecule has 2 N–H and O–H groups in total. The number of rotatable bonds is 6. The van der Waals surface area contributed by atoms with Crippen LogP contribution >= 0.6 is 12.6 Å². The predicted molar refractivity (Wildman–Crippen MR) is 123 cm³/mol. The fraction of sp³-hybridized carbons (Fsp3) is 0.773. The second-order valence-corrected chi connectivity index (χ2v) is 9.50. The average molecular weight is 417 g/mol. The summed E-state index contributed by atoms with van der Waals surface area (Å²) in [5.41, 5.74) is 4.89. The monoisotopic (exact) mass is 416 g/mol. The van der Waals surface area contributed by atoms with Crippen molar-refractivity contribution in [2.75, 3.05) is 6.54 Å². The lowest BCUT2D eigenvalue weighted by atomic mass is 9.73. The molecule has 5 nitrogen and oxygen atoms in total. The Labute approximate surface area is 178 Å². The van der Waals surface area contributed by atoms with Crippen molar-refractivity contribution in [1.82, 2.24) is 4.90 Å². The molecular weight excluding hydrogens is 372 g/mol. The number of nitrogens with two attached hydrogens (primary N) is 1. The van der Waals surface area contributed by atoms with Gasteiger partial charge in [0.15, 0.2) is 0 Å². The van der Waals surface area contributed by atoms with E-state index in [0.29, 0.717) is 6.42 Å². The zero-order valence-corrected chi connectivity index (χ0v) is 20.8. The summed E-state index contributed by atoms with van der Waals surface area (Å²) in [4.78, 5) is 36.1. The molecule has 0 fully saturated rings. The van der Waals surface area contributed by atoms with Crippen molar-refractivity contribution >= 4 is 30.4 Å². The summed E-state index contributed by atoms with van der Waals surface area (Å²) >= 11 is 4.44. The molecule has 0 bridgehead atoms. The van der Waals surface area contributed by atoms with Gasteiger partial charge in [0.05, 0.1) is 0 Å². The van der Waals surface area contributed by atoms with Crippen molar-refractivity contribution in [3.05, 3.63) is 12.2 Å². The Morgan fingerprint density at radius 3 is 1.57 bits per heavy atom. The molecule has 1 aliphatic rings. The zero-order chi connectivity index (χ0) is 23.3. The molecule has 1 heterocycles. The molecule has 1 atom stereocenters. The predicted octanol–water partition coefficient (Wildman–Crippen LogP) is 4.85. The highest BCUT2D eigenvalue weighted by molar-refractivity contribution is 7.81. The number of carbonyl (C=O) groups excluding carboxylic acids is 3. The van der Waals surface area contributed by atoms with Crippen molar-refractivity contribution in [1.29, 1.82) is 0 Å². The van der Waals surface area contributed by atoms with Gasteiger partial charge in [0.2, 0.25) is 5.91 Å². The summed E-state index contributed by atoms with van der Waals surface area (Å²) in [7, 11) is 0. The van der Waals surface area contributed by atoms with Crippen LogP contribution in [0, 0.1) is 17.3 Å². The Kier molecular flexibility index (Phi) is 16.4. The van der Waals surface area contributed by atoms with Gasteiger partial charge < -0.3 is 5.73 Å². The minimum absolute atomic E-state index is 0.162. The molecule has 3 amide bonds. The number of hydrogen-bond acceptors (Lipinski definition) is 4. The first-order valence-electron chi connectivity index (χ1n) is 10.2. The maximum atomic E-state index is 11.7. The smallest absolute Gasteiger partial charge is 0.253 e. The van der Waals surface area contributed by atoms with Crippen LogP contribution in [0.15, 0.2) is 12.2 Å². The van der Waals surface area contributed by atoms with E-state index in [1.807, 2.05) is 55.4 Å². The van der Waals surface area contributed by atoms with Gasteiger partial charge in [0.25, 0.3) is 11.8 Å². The van der Waals surface area contributed by atoms with Crippen molar-refractivity contribution in [2.24, 2.45) is 23.0 Å². The molecule has 0 saturated heterocycles. The third kappa shape index (κ3) is 13.8. The highest BCUT2D eigenvalue weighted by atomic mass is 32.1. The summed E-state index contributed by atoms with van der Waals surface area (Å²) in [6.07, 6.45) is 2.95. The van der Waals surface area contributed by atoms with Gasteiger partial charge in [-0.3, -0.25) is 19.3 Å². The minimum Gasteiger partial charge on any atom is -0.369 e. The van der Waals surface area contributed by atoms with Gasteiger partial charge in [0, 0.05) is 29.4 Å². The van der Waals surface area contributed by atoms with E-state index >= 15 is 0 Å². The van der Waals surface area contributed by atoms with Crippen LogP contribution in [0.1, 0.15) is 82.6 Å². The van der Waals surface area contributed by atoms with Crippen LogP contribution in [-0.2, 0) is 14.4 Å². The van der Waals surface area contributed by atoms with Crippen LogP contribution < -0.4 is 5.73 Å². The second-order valence-electron chi connectivity index (χ2n) is 8.29. The number of nitrogens with zero attached hydrogens (tertiary/aromatic N) is 1. The van der Waals surface area contributed by atoms with Crippen molar-refractivity contribution in [3.63, 3.8) is 0 Å². The van der Waals surface area contributed by atoms with E-state index in [1.54, 1.807) is 0 Å². The summed E-state index contributed by atoms with van der Waals surface area (Å²) in [5.74, 6) is -0.784. The Morgan fingerprint density at radius 1 is 1.00 bits per heavy atom. The third-order valence-corrected chi connectivity index (χ3v) is 3.64. The summed E-state index contributed by atoms with van der Waals surface area (Å²) in [6, 6.07) is 0. The van der Waals surface area contributed by atoms with Crippen molar-refractivity contribution < 1.29 is 14.4 Å². The first-order chi connectivity index (χ1) is 12.7. The highest BCUT2D eigenvalue weighted by Gasteiger charge is 2.40. The van der Waals surface area contributed by atoms with Gasteiger partial charge in [-0.05, 0) is 17.8 Å². The first-order valence-corrected chi connectivity index (χ1v) is 10.7. The SMILES string of the molecule is CC.CC.CC(C)(S)CC(C(N)=O)C(C)(C)CN1C(=O)C=CC1=O.CC(C)C. The Bertz CT molecular complexity index is 486. The molecule has 0 aliphatic carbocycles. The Morgan fingerprint density at radius 2 is 1.32 bits per heavy atom. The summed E-state index contributed by atoms with van der Waals surface area (Å²) in [5, 5.41) is 0. The molecule has 0 aromatic carbocycles. The summed E-state index contributed by atoms with van der Waals surface area (Å²) < 4.78 is -0.367. The molecule has 0 aromatic rings. The molecule has 6 heteroatoms. The van der Waals surface area contributed by atoms with Crippen LogP contribution in [-0.4, -0.2) is 33.9 Å².